The molecule has 0 saturated heterocycles. The summed E-state index contributed by atoms with van der Waals surface area (Å²) in [6.45, 7) is 0.351. The maximum absolute atomic E-state index is 13.5. The van der Waals surface area contributed by atoms with Gasteiger partial charge in [-0.05, 0) is 60.5 Å². The number of methoxy groups -OCH3 is 1. The Kier molecular flexibility index (Phi) is 6.35. The van der Waals surface area contributed by atoms with Gasteiger partial charge in [0.25, 0.3) is 15.9 Å². The van der Waals surface area contributed by atoms with Gasteiger partial charge in [0.15, 0.2) is 0 Å². The van der Waals surface area contributed by atoms with Gasteiger partial charge in [-0.15, -0.1) is 0 Å². The summed E-state index contributed by atoms with van der Waals surface area (Å²) in [7, 11) is -2.43. The maximum atomic E-state index is 13.5. The molecule has 0 bridgehead atoms. The molecule has 0 fully saturated rings. The third kappa shape index (κ3) is 4.63. The molecule has 0 radical (unpaired) electrons. The van der Waals surface area contributed by atoms with Gasteiger partial charge in [-0.1, -0.05) is 42.5 Å². The fraction of sp³-hybridized carbons (Fsp3) is 0.107. The number of benzene rings is 4. The molecule has 1 aliphatic rings. The Morgan fingerprint density at radius 1 is 0.861 bits per heavy atom. The smallest absolute Gasteiger partial charge is 0.264 e. The minimum atomic E-state index is -3.87. The van der Waals surface area contributed by atoms with Gasteiger partial charge < -0.3 is 14.8 Å². The number of para-hydroxylation sites is 2. The average molecular weight is 501 g/mol. The fourth-order valence-corrected chi connectivity index (χ4v) is 5.70. The molecule has 4 aromatic rings. The molecule has 0 saturated carbocycles. The predicted molar refractivity (Wildman–Crippen MR) is 139 cm³/mol. The lowest BCUT2D eigenvalue weighted by Gasteiger charge is -2.20. The number of carbonyl (C=O) groups is 1. The number of amides is 1. The minimum Gasteiger partial charge on any atom is -0.496 e. The molecule has 36 heavy (non-hydrogen) atoms. The van der Waals surface area contributed by atoms with E-state index in [9.17, 15) is 13.2 Å². The number of carbonyl (C=O) groups excluding carboxylic acids is 1. The number of hydrogen-bond acceptors (Lipinski definition) is 5. The zero-order valence-electron chi connectivity index (χ0n) is 19.5. The summed E-state index contributed by atoms with van der Waals surface area (Å²) in [4.78, 5) is 13.2. The van der Waals surface area contributed by atoms with Gasteiger partial charge in [0.05, 0.1) is 23.3 Å². The van der Waals surface area contributed by atoms with E-state index in [0.29, 0.717) is 35.8 Å². The van der Waals surface area contributed by atoms with Crippen LogP contribution in [-0.4, -0.2) is 28.0 Å². The van der Waals surface area contributed by atoms with Gasteiger partial charge >= 0.3 is 0 Å². The van der Waals surface area contributed by atoms with Crippen LogP contribution in [0.2, 0.25) is 0 Å². The SMILES string of the molecule is COc1ccc(S(=O)(=O)N2CCc3ccccc32)cc1C(=O)Nc1cccc(Oc2ccccc2)c1. The molecule has 8 heteroatoms. The van der Waals surface area contributed by atoms with Crippen molar-refractivity contribution >= 4 is 27.3 Å². The van der Waals surface area contributed by atoms with Crippen LogP contribution in [0, 0.1) is 0 Å². The zero-order valence-corrected chi connectivity index (χ0v) is 20.4. The number of anilines is 2. The van der Waals surface area contributed by atoms with Crippen LogP contribution in [0.4, 0.5) is 11.4 Å². The molecule has 4 aromatic carbocycles. The number of hydrogen-bond donors (Lipinski definition) is 1. The summed E-state index contributed by atoms with van der Waals surface area (Å²) in [5, 5.41) is 2.82. The highest BCUT2D eigenvalue weighted by Crippen LogP contribution is 2.34. The van der Waals surface area contributed by atoms with Gasteiger partial charge in [-0.2, -0.15) is 0 Å². The number of nitrogens with one attached hydrogen (secondary N) is 1. The van der Waals surface area contributed by atoms with Crippen LogP contribution in [0.15, 0.2) is 102 Å². The Balaban J connectivity index is 1.41. The van der Waals surface area contributed by atoms with Gasteiger partial charge in [0.2, 0.25) is 0 Å². The Bertz CT molecular complexity index is 1520. The molecule has 0 spiro atoms. The first-order valence-corrected chi connectivity index (χ1v) is 12.8. The summed E-state index contributed by atoms with van der Waals surface area (Å²) in [5.74, 6) is 0.992. The third-order valence-corrected chi connectivity index (χ3v) is 7.73. The predicted octanol–water partition coefficient (Wildman–Crippen LogP) is 5.49. The molecule has 182 valence electrons. The summed E-state index contributed by atoms with van der Waals surface area (Å²) in [5.41, 5.74) is 2.25. The molecule has 0 atom stereocenters. The first-order valence-electron chi connectivity index (χ1n) is 11.4. The molecule has 7 nitrogen and oxygen atoms in total. The van der Waals surface area contributed by atoms with E-state index < -0.39 is 15.9 Å². The molecule has 5 rings (SSSR count). The number of rotatable bonds is 7. The first-order chi connectivity index (χ1) is 17.5. The number of nitrogens with zero attached hydrogens (tertiary/aromatic N) is 1. The molecular weight excluding hydrogens is 476 g/mol. The summed E-state index contributed by atoms with van der Waals surface area (Å²) in [6.07, 6.45) is 0.639. The Morgan fingerprint density at radius 2 is 1.61 bits per heavy atom. The molecule has 1 aliphatic heterocycles. The van der Waals surface area contributed by atoms with Crippen molar-refractivity contribution in [1.82, 2.24) is 0 Å². The van der Waals surface area contributed by atoms with Crippen molar-refractivity contribution in [2.24, 2.45) is 0 Å². The van der Waals surface area contributed by atoms with E-state index in [4.69, 9.17) is 9.47 Å². The molecule has 1 N–H and O–H groups in total. The van der Waals surface area contributed by atoms with Crippen molar-refractivity contribution < 1.29 is 22.7 Å². The van der Waals surface area contributed by atoms with Crippen molar-refractivity contribution in [1.29, 1.82) is 0 Å². The minimum absolute atomic E-state index is 0.0197. The van der Waals surface area contributed by atoms with Crippen LogP contribution in [0.3, 0.4) is 0 Å². The molecule has 0 aliphatic carbocycles. The second-order valence-electron chi connectivity index (χ2n) is 8.22. The second kappa shape index (κ2) is 9.75. The van der Waals surface area contributed by atoms with Crippen LogP contribution >= 0.6 is 0 Å². The Labute approximate surface area is 210 Å². The number of ether oxygens (including phenoxy) is 2. The topological polar surface area (TPSA) is 84.9 Å². The Hall–Kier alpha value is -4.30. The highest BCUT2D eigenvalue weighted by molar-refractivity contribution is 7.92. The molecule has 0 unspecified atom stereocenters. The van der Waals surface area contributed by atoms with Crippen molar-refractivity contribution in [3.63, 3.8) is 0 Å². The van der Waals surface area contributed by atoms with Crippen molar-refractivity contribution in [2.75, 3.05) is 23.3 Å². The summed E-state index contributed by atoms with van der Waals surface area (Å²) >= 11 is 0. The van der Waals surface area contributed by atoms with Crippen LogP contribution in [0.25, 0.3) is 0 Å². The van der Waals surface area contributed by atoms with Crippen molar-refractivity contribution in [3.8, 4) is 17.2 Å². The molecule has 1 amide bonds. The monoisotopic (exact) mass is 500 g/mol. The van der Waals surface area contributed by atoms with Crippen LogP contribution in [0.1, 0.15) is 15.9 Å². The highest BCUT2D eigenvalue weighted by atomic mass is 32.2. The van der Waals surface area contributed by atoms with Crippen LogP contribution < -0.4 is 19.1 Å². The third-order valence-electron chi connectivity index (χ3n) is 5.92. The molecular formula is C28H24N2O5S. The second-order valence-corrected chi connectivity index (χ2v) is 10.1. The van der Waals surface area contributed by atoms with Crippen LogP contribution in [-0.2, 0) is 16.4 Å². The maximum Gasteiger partial charge on any atom is 0.264 e. The number of fused-ring (bicyclic) bond motifs is 1. The van der Waals surface area contributed by atoms with E-state index in [2.05, 4.69) is 5.32 Å². The van der Waals surface area contributed by atoms with E-state index >= 15 is 0 Å². The standard InChI is InChI=1S/C28H24N2O5S/c1-34-27-15-14-24(36(32,33)30-17-16-20-8-5-6-13-26(20)30)19-25(27)28(31)29-21-9-7-12-23(18-21)35-22-10-3-2-4-11-22/h2-15,18-19H,16-17H2,1H3,(H,29,31). The normalized spacial score (nSPS) is 12.6. The average Bonchev–Trinajstić information content (AvgIpc) is 3.34. The lowest BCUT2D eigenvalue weighted by Crippen LogP contribution is -2.29. The number of sulfonamides is 1. The van der Waals surface area contributed by atoms with Crippen LogP contribution in [0.5, 0.6) is 17.2 Å². The quantitative estimate of drug-likeness (QED) is 0.363. The van der Waals surface area contributed by atoms with E-state index in [0.717, 1.165) is 5.56 Å². The first kappa shape index (κ1) is 23.4. The fourth-order valence-electron chi connectivity index (χ4n) is 4.17. The lowest BCUT2D eigenvalue weighted by molar-refractivity contribution is 0.102. The van der Waals surface area contributed by atoms with E-state index in [-0.39, 0.29) is 16.2 Å². The van der Waals surface area contributed by atoms with E-state index in [1.165, 1.54) is 29.6 Å². The van der Waals surface area contributed by atoms with Gasteiger partial charge in [0.1, 0.15) is 17.2 Å². The summed E-state index contributed by atoms with van der Waals surface area (Å²) in [6, 6.07) is 28.0. The lowest BCUT2D eigenvalue weighted by atomic mass is 10.1. The van der Waals surface area contributed by atoms with Gasteiger partial charge in [-0.3, -0.25) is 9.10 Å². The summed E-state index contributed by atoms with van der Waals surface area (Å²) < 4.78 is 39.6. The Morgan fingerprint density at radius 3 is 2.42 bits per heavy atom. The molecule has 0 aromatic heterocycles. The van der Waals surface area contributed by atoms with E-state index in [1.807, 2.05) is 48.5 Å². The van der Waals surface area contributed by atoms with Gasteiger partial charge in [0, 0.05) is 18.3 Å². The largest absolute Gasteiger partial charge is 0.496 e. The van der Waals surface area contributed by atoms with Crippen molar-refractivity contribution in [2.45, 2.75) is 11.3 Å². The zero-order chi connectivity index (χ0) is 25.1. The van der Waals surface area contributed by atoms with Crippen molar-refractivity contribution in [3.05, 3.63) is 108 Å². The van der Waals surface area contributed by atoms with E-state index in [1.54, 1.807) is 30.3 Å². The van der Waals surface area contributed by atoms with Gasteiger partial charge in [-0.25, -0.2) is 8.42 Å². The highest BCUT2D eigenvalue weighted by Gasteiger charge is 2.31. The molecule has 1 heterocycles.